The fraction of sp³-hybridized carbons (Fsp3) is 0.500. The lowest BCUT2D eigenvalue weighted by Crippen LogP contribution is -2.41. The Bertz CT molecular complexity index is 458. The third-order valence-electron chi connectivity index (χ3n) is 4.49. The summed E-state index contributed by atoms with van der Waals surface area (Å²) in [5.74, 6) is 1.42. The lowest BCUT2D eigenvalue weighted by Gasteiger charge is -2.28. The highest BCUT2D eigenvalue weighted by Crippen LogP contribution is 2.64. The molecule has 0 bridgehead atoms. The molecule has 0 radical (unpaired) electrons. The molecule has 1 aliphatic heterocycles. The maximum Gasteiger partial charge on any atom is 0.133 e. The Kier molecular flexibility index (Phi) is 1.89. The summed E-state index contributed by atoms with van der Waals surface area (Å²) in [6.45, 7) is 0.559. The Balaban J connectivity index is 1.76. The molecule has 3 nitrogen and oxygen atoms in total. The van der Waals surface area contributed by atoms with Gasteiger partial charge in [0.1, 0.15) is 18.0 Å². The van der Waals surface area contributed by atoms with E-state index in [-0.39, 0.29) is 5.60 Å². The number of benzene rings is 1. The van der Waals surface area contributed by atoms with Crippen LogP contribution in [-0.2, 0) is 4.74 Å². The maximum atomic E-state index is 6.07. The van der Waals surface area contributed by atoms with Crippen molar-refractivity contribution in [2.24, 2.45) is 16.9 Å². The van der Waals surface area contributed by atoms with Crippen LogP contribution in [-0.4, -0.2) is 18.0 Å². The quantitative estimate of drug-likeness (QED) is 0.799. The lowest BCUT2D eigenvalue weighted by molar-refractivity contribution is 0.0296. The Morgan fingerprint density at radius 1 is 1.18 bits per heavy atom. The SMILES string of the molecule is c1ccc(C2=NNCOC23C2CCCC23)cc1. The summed E-state index contributed by atoms with van der Waals surface area (Å²) >= 11 is 0. The molecule has 4 rings (SSSR count). The monoisotopic (exact) mass is 228 g/mol. The number of fused-ring (bicyclic) bond motifs is 3. The van der Waals surface area contributed by atoms with E-state index in [1.54, 1.807) is 0 Å². The molecule has 3 heteroatoms. The van der Waals surface area contributed by atoms with Gasteiger partial charge < -0.3 is 4.74 Å². The molecule has 2 saturated carbocycles. The largest absolute Gasteiger partial charge is 0.346 e. The number of hydrogen-bond acceptors (Lipinski definition) is 3. The van der Waals surface area contributed by atoms with E-state index < -0.39 is 0 Å². The van der Waals surface area contributed by atoms with Gasteiger partial charge in [0, 0.05) is 17.4 Å². The Morgan fingerprint density at radius 3 is 2.71 bits per heavy atom. The first-order valence-electron chi connectivity index (χ1n) is 6.43. The van der Waals surface area contributed by atoms with Crippen LogP contribution in [0.5, 0.6) is 0 Å². The highest BCUT2D eigenvalue weighted by atomic mass is 16.5. The molecule has 0 saturated heterocycles. The molecule has 17 heavy (non-hydrogen) atoms. The van der Waals surface area contributed by atoms with E-state index >= 15 is 0 Å². The molecule has 0 aromatic heterocycles. The first kappa shape index (κ1) is 9.66. The highest BCUT2D eigenvalue weighted by molar-refractivity contribution is 6.09. The van der Waals surface area contributed by atoms with Crippen LogP contribution in [0.4, 0.5) is 0 Å². The molecule has 2 atom stereocenters. The van der Waals surface area contributed by atoms with Crippen molar-refractivity contribution in [2.75, 3.05) is 6.73 Å². The molecule has 1 heterocycles. The zero-order valence-electron chi connectivity index (χ0n) is 9.73. The second-order valence-corrected chi connectivity index (χ2v) is 5.21. The van der Waals surface area contributed by atoms with Crippen molar-refractivity contribution in [3.05, 3.63) is 35.9 Å². The van der Waals surface area contributed by atoms with Crippen LogP contribution in [0, 0.1) is 11.8 Å². The molecule has 1 aromatic rings. The normalized spacial score (nSPS) is 38.5. The molecule has 1 spiro atoms. The molecular formula is C14H16N2O. The predicted molar refractivity (Wildman–Crippen MR) is 65.6 cm³/mol. The molecule has 88 valence electrons. The third-order valence-corrected chi connectivity index (χ3v) is 4.49. The summed E-state index contributed by atoms with van der Waals surface area (Å²) in [6, 6.07) is 10.4. The van der Waals surface area contributed by atoms with Crippen LogP contribution in [0.3, 0.4) is 0 Å². The van der Waals surface area contributed by atoms with Crippen molar-refractivity contribution in [3.8, 4) is 0 Å². The zero-order chi connectivity index (χ0) is 11.3. The van der Waals surface area contributed by atoms with Gasteiger partial charge in [-0.25, -0.2) is 0 Å². The average molecular weight is 228 g/mol. The topological polar surface area (TPSA) is 33.6 Å². The van der Waals surface area contributed by atoms with Gasteiger partial charge in [0.15, 0.2) is 0 Å². The summed E-state index contributed by atoms with van der Waals surface area (Å²) in [7, 11) is 0. The van der Waals surface area contributed by atoms with Crippen molar-refractivity contribution in [2.45, 2.75) is 24.9 Å². The highest BCUT2D eigenvalue weighted by Gasteiger charge is 2.71. The number of nitrogens with zero attached hydrogens (tertiary/aromatic N) is 1. The smallest absolute Gasteiger partial charge is 0.133 e. The van der Waals surface area contributed by atoms with Gasteiger partial charge in [-0.2, -0.15) is 5.10 Å². The van der Waals surface area contributed by atoms with Gasteiger partial charge in [0.25, 0.3) is 0 Å². The summed E-state index contributed by atoms with van der Waals surface area (Å²) < 4.78 is 6.07. The van der Waals surface area contributed by atoms with Gasteiger partial charge in [-0.05, 0) is 12.8 Å². The first-order chi connectivity index (χ1) is 8.43. The summed E-state index contributed by atoms with van der Waals surface area (Å²) in [5.41, 5.74) is 5.26. The lowest BCUT2D eigenvalue weighted by atomic mass is 9.96. The van der Waals surface area contributed by atoms with Gasteiger partial charge in [0.2, 0.25) is 0 Å². The van der Waals surface area contributed by atoms with E-state index in [2.05, 4.69) is 34.8 Å². The van der Waals surface area contributed by atoms with Crippen LogP contribution in [0.2, 0.25) is 0 Å². The van der Waals surface area contributed by atoms with Crippen molar-refractivity contribution in [3.63, 3.8) is 0 Å². The molecule has 2 fully saturated rings. The van der Waals surface area contributed by atoms with Crippen LogP contribution >= 0.6 is 0 Å². The zero-order valence-corrected chi connectivity index (χ0v) is 9.73. The molecule has 0 amide bonds. The second-order valence-electron chi connectivity index (χ2n) is 5.21. The van der Waals surface area contributed by atoms with Gasteiger partial charge in [0.05, 0.1) is 0 Å². The Hall–Kier alpha value is -1.35. The Morgan fingerprint density at radius 2 is 1.94 bits per heavy atom. The number of nitrogens with one attached hydrogen (secondary N) is 1. The minimum atomic E-state index is -0.0507. The maximum absolute atomic E-state index is 6.07. The average Bonchev–Trinajstić information content (AvgIpc) is 2.81. The van der Waals surface area contributed by atoms with Gasteiger partial charge in [-0.3, -0.25) is 5.43 Å². The van der Waals surface area contributed by atoms with Crippen molar-refractivity contribution >= 4 is 5.71 Å². The minimum absolute atomic E-state index is 0.0507. The van der Waals surface area contributed by atoms with Gasteiger partial charge in [-0.15, -0.1) is 0 Å². The molecule has 2 aliphatic carbocycles. The summed E-state index contributed by atoms with van der Waals surface area (Å²) in [6.07, 6.45) is 3.96. The Labute approximate surface area is 101 Å². The summed E-state index contributed by atoms with van der Waals surface area (Å²) in [4.78, 5) is 0. The number of rotatable bonds is 1. The van der Waals surface area contributed by atoms with E-state index in [1.807, 2.05) is 6.07 Å². The molecule has 1 N–H and O–H groups in total. The minimum Gasteiger partial charge on any atom is -0.346 e. The second kappa shape index (κ2) is 3.33. The van der Waals surface area contributed by atoms with E-state index in [0.29, 0.717) is 18.6 Å². The van der Waals surface area contributed by atoms with Crippen LogP contribution < -0.4 is 5.43 Å². The van der Waals surface area contributed by atoms with Crippen LogP contribution in [0.15, 0.2) is 35.4 Å². The molecule has 2 unspecified atom stereocenters. The predicted octanol–water partition coefficient (Wildman–Crippen LogP) is 2.14. The van der Waals surface area contributed by atoms with Crippen molar-refractivity contribution in [1.29, 1.82) is 0 Å². The van der Waals surface area contributed by atoms with E-state index in [1.165, 1.54) is 24.8 Å². The first-order valence-corrected chi connectivity index (χ1v) is 6.43. The number of ether oxygens (including phenoxy) is 1. The fourth-order valence-corrected chi connectivity index (χ4v) is 3.77. The molecule has 3 aliphatic rings. The standard InChI is InChI=1S/C14H16N2O/c1-2-5-10(6-3-1)13-14(17-9-15-16-13)11-7-4-8-12(11)14/h1-3,5-6,11-12,15H,4,7-9H2. The van der Waals surface area contributed by atoms with Crippen molar-refractivity contribution in [1.82, 2.24) is 5.43 Å². The molecule has 1 aromatic carbocycles. The number of hydrazone groups is 1. The van der Waals surface area contributed by atoms with Crippen molar-refractivity contribution < 1.29 is 4.74 Å². The third kappa shape index (κ3) is 1.18. The molecular weight excluding hydrogens is 212 g/mol. The fourth-order valence-electron chi connectivity index (χ4n) is 3.77. The number of hydrogen-bond donors (Lipinski definition) is 1. The summed E-state index contributed by atoms with van der Waals surface area (Å²) in [5, 5.41) is 4.54. The van der Waals surface area contributed by atoms with E-state index in [0.717, 1.165) is 5.71 Å². The van der Waals surface area contributed by atoms with Gasteiger partial charge in [-0.1, -0.05) is 36.8 Å². The van der Waals surface area contributed by atoms with E-state index in [4.69, 9.17) is 4.74 Å². The van der Waals surface area contributed by atoms with Crippen LogP contribution in [0.25, 0.3) is 0 Å². The van der Waals surface area contributed by atoms with Gasteiger partial charge >= 0.3 is 0 Å². The van der Waals surface area contributed by atoms with E-state index in [9.17, 15) is 0 Å². The van der Waals surface area contributed by atoms with Crippen LogP contribution in [0.1, 0.15) is 24.8 Å².